The Morgan fingerprint density at radius 2 is 1.50 bits per heavy atom. The minimum atomic E-state index is -3.91. The zero-order valence-electron chi connectivity index (χ0n) is 15.6. The van der Waals surface area contributed by atoms with E-state index in [0.29, 0.717) is 35.2 Å². The predicted molar refractivity (Wildman–Crippen MR) is 102 cm³/mol. The highest BCUT2D eigenvalue weighted by atomic mass is 32.2. The Kier molecular flexibility index (Phi) is 6.21. The van der Waals surface area contributed by atoms with Gasteiger partial charge in [0.1, 0.15) is 22.5 Å². The molecule has 0 aromatic heterocycles. The van der Waals surface area contributed by atoms with Crippen molar-refractivity contribution in [1.82, 2.24) is 5.06 Å². The minimum Gasteiger partial charge on any atom is -0.497 e. The van der Waals surface area contributed by atoms with Crippen LogP contribution in [0.25, 0.3) is 0 Å². The summed E-state index contributed by atoms with van der Waals surface area (Å²) in [5.74, 6) is 0.994. The number of hydroxylamine groups is 2. The fraction of sp³-hybridized carbons (Fsp3) is 0.350. The first-order chi connectivity index (χ1) is 13.4. The van der Waals surface area contributed by atoms with Crippen molar-refractivity contribution >= 4 is 15.7 Å². The van der Waals surface area contributed by atoms with Gasteiger partial charge in [0, 0.05) is 6.54 Å². The summed E-state index contributed by atoms with van der Waals surface area (Å²) in [5, 5.41) is 9.06. The molecule has 1 aliphatic rings. The molecule has 2 aromatic carbocycles. The van der Waals surface area contributed by atoms with E-state index < -0.39 is 21.0 Å². The topological polar surface area (TPSA) is 93.1 Å². The molecule has 1 aliphatic heterocycles. The first-order valence-corrected chi connectivity index (χ1v) is 10.6. The standard InChI is InChI=1S/C20H23NO6S/c1-26-15-6-8-16(9-7-15)27-17-10-12-18(13-11-17)28(24,25)19-5-3-2-4-14-21(23)20(19)22/h6-13,19,23H,2-5,14H2,1H3. The molecular formula is C20H23NO6S. The molecule has 0 aliphatic carbocycles. The number of hydrogen-bond acceptors (Lipinski definition) is 6. The maximum atomic E-state index is 12.9. The third-order valence-corrected chi connectivity index (χ3v) is 6.80. The smallest absolute Gasteiger partial charge is 0.264 e. The largest absolute Gasteiger partial charge is 0.497 e. The molecule has 1 saturated heterocycles. The molecule has 0 bridgehead atoms. The van der Waals surface area contributed by atoms with Gasteiger partial charge >= 0.3 is 0 Å². The third-order valence-electron chi connectivity index (χ3n) is 4.69. The van der Waals surface area contributed by atoms with Crippen LogP contribution in [0.1, 0.15) is 25.7 Å². The maximum absolute atomic E-state index is 12.9. The van der Waals surface area contributed by atoms with Gasteiger partial charge in [-0.2, -0.15) is 0 Å². The molecule has 2 aromatic rings. The summed E-state index contributed by atoms with van der Waals surface area (Å²) in [5.41, 5.74) is 0. The fourth-order valence-corrected chi connectivity index (χ4v) is 4.81. The van der Waals surface area contributed by atoms with Crippen molar-refractivity contribution < 1.29 is 27.9 Å². The zero-order valence-corrected chi connectivity index (χ0v) is 16.4. The van der Waals surface area contributed by atoms with Crippen LogP contribution >= 0.6 is 0 Å². The van der Waals surface area contributed by atoms with Gasteiger partial charge in [-0.3, -0.25) is 10.0 Å². The highest BCUT2D eigenvalue weighted by Crippen LogP contribution is 2.28. The van der Waals surface area contributed by atoms with Crippen molar-refractivity contribution in [3.63, 3.8) is 0 Å². The second-order valence-corrected chi connectivity index (χ2v) is 8.72. The number of nitrogens with zero attached hydrogens (tertiary/aromatic N) is 1. The zero-order chi connectivity index (χ0) is 20.1. The lowest BCUT2D eigenvalue weighted by Crippen LogP contribution is -2.42. The number of amides is 1. The molecule has 1 unspecified atom stereocenters. The maximum Gasteiger partial charge on any atom is 0.264 e. The number of hydrogen-bond donors (Lipinski definition) is 1. The SMILES string of the molecule is COc1ccc(Oc2ccc(S(=O)(=O)C3CCCCCN(O)C3=O)cc2)cc1. The molecule has 1 fully saturated rings. The first-order valence-electron chi connectivity index (χ1n) is 9.08. The van der Waals surface area contributed by atoms with E-state index in [0.717, 1.165) is 6.42 Å². The summed E-state index contributed by atoms with van der Waals surface area (Å²) in [7, 11) is -2.33. The van der Waals surface area contributed by atoms with Crippen LogP contribution in [0.3, 0.4) is 0 Å². The quantitative estimate of drug-likeness (QED) is 0.766. The number of carbonyl (C=O) groups excluding carboxylic acids is 1. The Hall–Kier alpha value is -2.58. The summed E-state index contributed by atoms with van der Waals surface area (Å²) in [6, 6.07) is 12.9. The van der Waals surface area contributed by atoms with E-state index in [1.54, 1.807) is 43.5 Å². The number of benzene rings is 2. The van der Waals surface area contributed by atoms with E-state index in [-0.39, 0.29) is 17.9 Å². The van der Waals surface area contributed by atoms with Gasteiger partial charge in [0.05, 0.1) is 12.0 Å². The first kappa shape index (κ1) is 20.2. The Morgan fingerprint density at radius 3 is 2.11 bits per heavy atom. The van der Waals surface area contributed by atoms with Gasteiger partial charge in [-0.1, -0.05) is 12.8 Å². The average molecular weight is 405 g/mol. The molecule has 3 rings (SSSR count). The van der Waals surface area contributed by atoms with E-state index in [1.807, 2.05) is 0 Å². The predicted octanol–water partition coefficient (Wildman–Crippen LogP) is 3.42. The monoisotopic (exact) mass is 405 g/mol. The minimum absolute atomic E-state index is 0.0295. The Bertz CT molecular complexity index is 909. The van der Waals surface area contributed by atoms with Crippen LogP contribution in [0, 0.1) is 0 Å². The van der Waals surface area contributed by atoms with Crippen molar-refractivity contribution in [2.75, 3.05) is 13.7 Å². The van der Waals surface area contributed by atoms with E-state index in [9.17, 15) is 18.4 Å². The molecule has 150 valence electrons. The van der Waals surface area contributed by atoms with E-state index in [1.165, 1.54) is 12.1 Å². The van der Waals surface area contributed by atoms with Crippen LogP contribution in [0.5, 0.6) is 17.2 Å². The van der Waals surface area contributed by atoms with Gasteiger partial charge in [-0.25, -0.2) is 13.5 Å². The highest BCUT2D eigenvalue weighted by molar-refractivity contribution is 7.92. The van der Waals surface area contributed by atoms with Crippen LogP contribution in [-0.2, 0) is 14.6 Å². The summed E-state index contributed by atoms with van der Waals surface area (Å²) >= 11 is 0. The lowest BCUT2D eigenvalue weighted by Gasteiger charge is -2.24. The molecule has 0 radical (unpaired) electrons. The number of methoxy groups -OCH3 is 1. The normalized spacial score (nSPS) is 18.3. The summed E-state index contributed by atoms with van der Waals surface area (Å²) < 4.78 is 36.7. The van der Waals surface area contributed by atoms with Gasteiger partial charge in [-0.05, 0) is 61.4 Å². The highest BCUT2D eigenvalue weighted by Gasteiger charge is 2.37. The Balaban J connectivity index is 1.77. The molecule has 1 heterocycles. The summed E-state index contributed by atoms with van der Waals surface area (Å²) in [4.78, 5) is 12.4. The van der Waals surface area contributed by atoms with Crippen LogP contribution in [0.4, 0.5) is 0 Å². The van der Waals surface area contributed by atoms with E-state index >= 15 is 0 Å². The molecule has 7 nitrogen and oxygen atoms in total. The van der Waals surface area contributed by atoms with Crippen LogP contribution in [0.2, 0.25) is 0 Å². The van der Waals surface area contributed by atoms with Gasteiger partial charge in [0.2, 0.25) is 0 Å². The van der Waals surface area contributed by atoms with Crippen molar-refractivity contribution in [3.05, 3.63) is 48.5 Å². The van der Waals surface area contributed by atoms with Crippen molar-refractivity contribution in [3.8, 4) is 17.2 Å². The summed E-state index contributed by atoms with van der Waals surface area (Å²) in [6.07, 6.45) is 2.25. The molecule has 0 saturated carbocycles. The van der Waals surface area contributed by atoms with Crippen LogP contribution in [-0.4, -0.2) is 43.5 Å². The van der Waals surface area contributed by atoms with Gasteiger partial charge in [0.25, 0.3) is 5.91 Å². The van der Waals surface area contributed by atoms with Crippen molar-refractivity contribution in [2.24, 2.45) is 0 Å². The number of ether oxygens (including phenoxy) is 2. The van der Waals surface area contributed by atoms with Gasteiger partial charge in [0.15, 0.2) is 9.84 Å². The van der Waals surface area contributed by atoms with Crippen LogP contribution in [0.15, 0.2) is 53.4 Å². The second-order valence-electron chi connectivity index (χ2n) is 6.59. The number of rotatable bonds is 5. The van der Waals surface area contributed by atoms with E-state index in [2.05, 4.69) is 0 Å². The molecule has 0 spiro atoms. The van der Waals surface area contributed by atoms with Gasteiger partial charge in [-0.15, -0.1) is 0 Å². The number of sulfone groups is 1. The Morgan fingerprint density at radius 1 is 0.929 bits per heavy atom. The molecule has 1 atom stereocenters. The Labute approximate surface area is 164 Å². The number of carbonyl (C=O) groups is 1. The van der Waals surface area contributed by atoms with Crippen molar-refractivity contribution in [1.29, 1.82) is 0 Å². The molecule has 28 heavy (non-hydrogen) atoms. The molecular weight excluding hydrogens is 382 g/mol. The molecule has 1 N–H and O–H groups in total. The van der Waals surface area contributed by atoms with Gasteiger partial charge < -0.3 is 9.47 Å². The van der Waals surface area contributed by atoms with Crippen molar-refractivity contribution in [2.45, 2.75) is 35.8 Å². The second kappa shape index (κ2) is 8.62. The molecule has 1 amide bonds. The molecule has 8 heteroatoms. The average Bonchev–Trinajstić information content (AvgIpc) is 2.69. The lowest BCUT2D eigenvalue weighted by molar-refractivity contribution is -0.166. The van der Waals surface area contributed by atoms with Crippen LogP contribution < -0.4 is 9.47 Å². The van der Waals surface area contributed by atoms with E-state index in [4.69, 9.17) is 9.47 Å². The fourth-order valence-electron chi connectivity index (χ4n) is 3.10. The summed E-state index contributed by atoms with van der Waals surface area (Å²) in [6.45, 7) is 0.152. The lowest BCUT2D eigenvalue weighted by atomic mass is 10.1. The third kappa shape index (κ3) is 4.45.